The number of amides is 4. The largest absolute Gasteiger partial charge is 0.387 e. The van der Waals surface area contributed by atoms with Crippen molar-refractivity contribution in [3.8, 4) is 0 Å². The number of aromatic nitrogens is 1. The summed E-state index contributed by atoms with van der Waals surface area (Å²) in [5.41, 5.74) is 12.8. The molecule has 0 bridgehead atoms. The number of hydrogen-bond acceptors (Lipinski definition) is 11. The average Bonchev–Trinajstić information content (AvgIpc) is 3.49. The molecule has 1 aliphatic carbocycles. The molecule has 15 heteroatoms. The quantitative estimate of drug-likeness (QED) is 0.0881. The van der Waals surface area contributed by atoms with E-state index < -0.39 is 12.5 Å². The van der Waals surface area contributed by atoms with E-state index in [4.69, 9.17) is 5.73 Å². The third-order valence-electron chi connectivity index (χ3n) is 12.3. The van der Waals surface area contributed by atoms with Gasteiger partial charge < -0.3 is 36.8 Å². The fourth-order valence-electron chi connectivity index (χ4n) is 8.94. The van der Waals surface area contributed by atoms with Gasteiger partial charge in [-0.15, -0.1) is 0 Å². The van der Waals surface area contributed by atoms with Gasteiger partial charge in [-0.05, 0) is 104 Å². The molecule has 3 aromatic rings. The van der Waals surface area contributed by atoms with E-state index in [0.717, 1.165) is 73.9 Å². The van der Waals surface area contributed by atoms with Crippen molar-refractivity contribution in [3.05, 3.63) is 106 Å². The predicted octanol–water partition coefficient (Wildman–Crippen LogP) is 4.48. The van der Waals surface area contributed by atoms with E-state index in [1.54, 1.807) is 41.4 Å². The summed E-state index contributed by atoms with van der Waals surface area (Å²) in [5, 5.41) is 28.9. The van der Waals surface area contributed by atoms with Crippen molar-refractivity contribution in [2.24, 2.45) is 22.6 Å². The number of aliphatic hydroxyl groups excluding tert-OH is 2. The van der Waals surface area contributed by atoms with Gasteiger partial charge in [0.25, 0.3) is 11.8 Å². The van der Waals surface area contributed by atoms with E-state index >= 15 is 0 Å². The first-order chi connectivity index (χ1) is 30.5. The number of anilines is 1. The minimum Gasteiger partial charge on any atom is -0.387 e. The number of nitrogens with two attached hydrogens (primary N) is 1. The Kier molecular flexibility index (Phi) is 15.2. The third kappa shape index (κ3) is 11.6. The van der Waals surface area contributed by atoms with Gasteiger partial charge in [-0.25, -0.2) is 9.89 Å². The molecule has 4 heterocycles. The van der Waals surface area contributed by atoms with Gasteiger partial charge in [-0.3, -0.25) is 29.1 Å². The topological polar surface area (TPSA) is 206 Å². The van der Waals surface area contributed by atoms with Gasteiger partial charge in [0.05, 0.1) is 17.6 Å². The molecule has 4 aliphatic rings. The van der Waals surface area contributed by atoms with Crippen LogP contribution in [0, 0.1) is 11.8 Å². The maximum Gasteiger partial charge on any atom is 0.255 e. The molecule has 4 amide bonds. The number of amidine groups is 1. The molecule has 334 valence electrons. The van der Waals surface area contributed by atoms with E-state index in [-0.39, 0.29) is 36.0 Å². The molecule has 15 nitrogen and oxygen atoms in total. The van der Waals surface area contributed by atoms with Crippen LogP contribution in [0.2, 0.25) is 0 Å². The summed E-state index contributed by atoms with van der Waals surface area (Å²) >= 11 is 0. The number of nitrogens with one attached hydrogen (secondary N) is 3. The molecular weight excluding hydrogens is 799 g/mol. The molecule has 0 radical (unpaired) electrons. The van der Waals surface area contributed by atoms with E-state index in [2.05, 4.69) is 44.7 Å². The molecule has 3 aliphatic heterocycles. The van der Waals surface area contributed by atoms with Crippen molar-refractivity contribution in [1.29, 1.82) is 0 Å². The molecule has 2 aromatic carbocycles. The molecule has 0 spiro atoms. The van der Waals surface area contributed by atoms with Crippen LogP contribution in [-0.2, 0) is 29.1 Å². The number of fused-ring (bicyclic) bond motifs is 2. The van der Waals surface area contributed by atoms with Gasteiger partial charge in [0, 0.05) is 99.1 Å². The number of rotatable bonds is 16. The number of benzene rings is 2. The van der Waals surface area contributed by atoms with Gasteiger partial charge in [-0.2, -0.15) is 0 Å². The zero-order valence-electron chi connectivity index (χ0n) is 36.4. The number of carbonyl (C=O) groups excluding carboxylic acids is 4. The van der Waals surface area contributed by atoms with Crippen molar-refractivity contribution >= 4 is 46.9 Å². The summed E-state index contributed by atoms with van der Waals surface area (Å²) in [6, 6.07) is 14.8. The molecule has 1 aromatic heterocycles. The van der Waals surface area contributed by atoms with Crippen molar-refractivity contribution in [1.82, 2.24) is 30.3 Å². The van der Waals surface area contributed by atoms with E-state index in [9.17, 15) is 29.4 Å². The molecule has 7 rings (SSSR count). The molecule has 1 fully saturated rings. The van der Waals surface area contributed by atoms with Gasteiger partial charge in [0.2, 0.25) is 11.8 Å². The van der Waals surface area contributed by atoms with Crippen molar-refractivity contribution < 1.29 is 29.4 Å². The van der Waals surface area contributed by atoms with Gasteiger partial charge in [-0.1, -0.05) is 32.0 Å². The van der Waals surface area contributed by atoms with Crippen molar-refractivity contribution in [3.63, 3.8) is 0 Å². The second-order valence-corrected chi connectivity index (χ2v) is 17.1. The van der Waals surface area contributed by atoms with Crippen LogP contribution in [-0.4, -0.2) is 111 Å². The molecule has 1 saturated carbocycles. The summed E-state index contributed by atoms with van der Waals surface area (Å²) in [5.74, 6) is 0.0271. The predicted molar refractivity (Wildman–Crippen MR) is 243 cm³/mol. The maximum atomic E-state index is 13.5. The number of pyridine rings is 1. The van der Waals surface area contributed by atoms with Gasteiger partial charge >= 0.3 is 0 Å². The van der Waals surface area contributed by atoms with Crippen LogP contribution >= 0.6 is 0 Å². The van der Waals surface area contributed by atoms with Crippen LogP contribution in [0.5, 0.6) is 0 Å². The first-order valence-electron chi connectivity index (χ1n) is 22.4. The van der Waals surface area contributed by atoms with E-state index in [0.29, 0.717) is 85.6 Å². The van der Waals surface area contributed by atoms with Crippen LogP contribution < -0.4 is 21.7 Å². The van der Waals surface area contributed by atoms with Crippen LogP contribution in [0.25, 0.3) is 6.08 Å². The van der Waals surface area contributed by atoms with Crippen LogP contribution in [0.15, 0.2) is 77.4 Å². The highest BCUT2D eigenvalue weighted by molar-refractivity contribution is 6.08. The summed E-state index contributed by atoms with van der Waals surface area (Å²) in [7, 11) is 0. The molecular formula is C48H61N9O6. The minimum atomic E-state index is -0.759. The fraction of sp³-hybridized carbons (Fsp3) is 0.458. The zero-order chi connectivity index (χ0) is 44.5. The highest BCUT2D eigenvalue weighted by atomic mass is 16.3. The SMILES string of the molecule is CCCN(CCC)C(=O)C1=Cc2ccc(C(=O)Nc3cnc4c(c3)CN(Cc3ccc(C(=O)NCCNC(=O)C5CCC(CN6C(O)C=CC6O)CC5)cc3)CC4)cc2N=C(N)C1. The van der Waals surface area contributed by atoms with Gasteiger partial charge in [0.15, 0.2) is 0 Å². The van der Waals surface area contributed by atoms with Crippen molar-refractivity contribution in [2.45, 2.75) is 90.8 Å². The summed E-state index contributed by atoms with van der Waals surface area (Å²) in [4.78, 5) is 67.6. The van der Waals surface area contributed by atoms with E-state index in [1.807, 2.05) is 41.3 Å². The Hall–Kier alpha value is -5.74. The molecule has 2 atom stereocenters. The Balaban J connectivity index is 0.854. The van der Waals surface area contributed by atoms with Crippen molar-refractivity contribution in [2.75, 3.05) is 44.6 Å². The monoisotopic (exact) mass is 859 g/mol. The lowest BCUT2D eigenvalue weighted by Gasteiger charge is -2.33. The highest BCUT2D eigenvalue weighted by Gasteiger charge is 2.32. The van der Waals surface area contributed by atoms with Crippen LogP contribution in [0.1, 0.15) is 102 Å². The number of aliphatic hydroxyl groups is 2. The third-order valence-corrected chi connectivity index (χ3v) is 12.3. The number of carbonyl (C=O) groups is 4. The second-order valence-electron chi connectivity index (χ2n) is 17.1. The standard InChI is InChI=1S/C48H61N9O6/c1-3-20-56(21-4-2)48(63)37-23-35-13-14-36(25-41(35)54-42(49)26-37)47(62)53-39-24-38-30-55(22-17-40(38)52-27-39)28-31-5-9-33(10-6-31)45(60)50-18-19-51-46(61)34-11-7-32(8-12-34)29-57-43(58)15-16-44(57)59/h5-6,9-10,13-16,23-25,27,32,34,43-44,58-59H,3-4,7-8,11-12,17-22,26,28-30H2,1-2H3,(H2,49,54)(H,50,60)(H,51,61)(H,53,62). The Morgan fingerprint density at radius 2 is 1.57 bits per heavy atom. The Bertz CT molecular complexity index is 2210. The fourth-order valence-corrected chi connectivity index (χ4v) is 8.94. The smallest absolute Gasteiger partial charge is 0.255 e. The summed E-state index contributed by atoms with van der Waals surface area (Å²) < 4.78 is 0. The Morgan fingerprint density at radius 3 is 2.29 bits per heavy atom. The van der Waals surface area contributed by atoms with Gasteiger partial charge in [0.1, 0.15) is 18.3 Å². The first kappa shape index (κ1) is 45.3. The minimum absolute atomic E-state index is 0.000812. The summed E-state index contributed by atoms with van der Waals surface area (Å²) in [6.07, 6.45) is 11.2. The zero-order valence-corrected chi connectivity index (χ0v) is 36.4. The lowest BCUT2D eigenvalue weighted by Crippen LogP contribution is -2.42. The Labute approximate surface area is 369 Å². The number of aliphatic imine (C=N–C) groups is 1. The molecule has 7 N–H and O–H groups in total. The first-order valence-corrected chi connectivity index (χ1v) is 22.4. The lowest BCUT2D eigenvalue weighted by molar-refractivity contribution is -0.127. The van der Waals surface area contributed by atoms with Crippen LogP contribution in [0.4, 0.5) is 11.4 Å². The molecule has 63 heavy (non-hydrogen) atoms. The highest BCUT2D eigenvalue weighted by Crippen LogP contribution is 2.32. The molecule has 0 saturated heterocycles. The number of hydrogen-bond donors (Lipinski definition) is 6. The average molecular weight is 860 g/mol. The molecule has 2 unspecified atom stereocenters. The number of nitrogens with zero attached hydrogens (tertiary/aromatic N) is 5. The maximum absolute atomic E-state index is 13.5. The van der Waals surface area contributed by atoms with E-state index in [1.165, 1.54) is 0 Å². The Morgan fingerprint density at radius 1 is 0.873 bits per heavy atom. The lowest BCUT2D eigenvalue weighted by atomic mass is 9.81. The summed E-state index contributed by atoms with van der Waals surface area (Å²) in [6.45, 7) is 8.87. The normalized spacial score (nSPS) is 21.0. The van der Waals surface area contributed by atoms with Crippen LogP contribution in [0.3, 0.4) is 0 Å². The second kappa shape index (κ2) is 21.1.